The summed E-state index contributed by atoms with van der Waals surface area (Å²) in [5, 5.41) is 107. The lowest BCUT2D eigenvalue weighted by atomic mass is 9.92. The van der Waals surface area contributed by atoms with Gasteiger partial charge in [-0.05, 0) is 109 Å². The van der Waals surface area contributed by atoms with E-state index in [-0.39, 0.29) is 177 Å². The zero-order valence-electron chi connectivity index (χ0n) is 60.5. The Kier molecular flexibility index (Phi) is 51.7. The van der Waals surface area contributed by atoms with Crippen LogP contribution in [0.3, 0.4) is 0 Å². The Labute approximate surface area is 670 Å². The summed E-state index contributed by atoms with van der Waals surface area (Å²) in [6, 6.07) is -3.65. The molecule has 0 aliphatic carbocycles. The molecule has 45 nitrogen and oxygen atoms in total. The maximum absolute atomic E-state index is 11.8. The van der Waals surface area contributed by atoms with E-state index in [1.807, 2.05) is 0 Å². The summed E-state index contributed by atoms with van der Waals surface area (Å²) < 4.78 is 120. The van der Waals surface area contributed by atoms with Crippen LogP contribution in [0, 0.1) is 5.41 Å². The molecule has 21 atom stereocenters. The quantitative estimate of drug-likeness (QED) is 0.0159. The Morgan fingerprint density at radius 3 is 0.739 bits per heavy atom. The van der Waals surface area contributed by atoms with E-state index in [1.165, 1.54) is 20.8 Å². The third-order valence-electron chi connectivity index (χ3n) is 14.8. The van der Waals surface area contributed by atoms with Gasteiger partial charge in [0.2, 0.25) is 17.7 Å². The molecule has 111 heavy (non-hydrogen) atoms. The van der Waals surface area contributed by atoms with E-state index in [4.69, 9.17) is 172 Å². The normalized spacial score (nSPS) is 28.2. The zero-order chi connectivity index (χ0) is 83.1. The molecule has 0 aromatic heterocycles. The molecule has 0 aromatic rings. The molecule has 3 amide bonds. The summed E-state index contributed by atoms with van der Waals surface area (Å²) in [6.45, 7) is -27.2. The molecule has 3 saturated heterocycles. The molecular weight excluding hydrogens is 1740 g/mol. The molecule has 6 unspecified atom stereocenters. The molecular formula is C54H105N3O42P6S6. The van der Waals surface area contributed by atoms with Crippen LogP contribution in [0.15, 0.2) is 0 Å². The molecule has 0 spiro atoms. The van der Waals surface area contributed by atoms with Crippen LogP contribution in [-0.4, -0.2) is 361 Å². The van der Waals surface area contributed by atoms with Gasteiger partial charge in [0.25, 0.3) is 0 Å². The first kappa shape index (κ1) is 105. The minimum Gasteiger partial charge on any atom is -0.450 e. The van der Waals surface area contributed by atoms with Crippen LogP contribution in [0.4, 0.5) is 4.79 Å². The van der Waals surface area contributed by atoms with Crippen LogP contribution in [0.1, 0.15) is 59.3 Å². The van der Waals surface area contributed by atoms with Gasteiger partial charge in [0.05, 0.1) is 144 Å². The Morgan fingerprint density at radius 2 is 0.541 bits per heavy atom. The summed E-state index contributed by atoms with van der Waals surface area (Å²) in [5.41, 5.74) is -1.37. The van der Waals surface area contributed by atoms with Crippen molar-refractivity contribution < 1.29 is 201 Å². The van der Waals surface area contributed by atoms with Crippen molar-refractivity contribution in [3.05, 3.63) is 0 Å². The number of hydrogen-bond donors (Lipinski definition) is 19. The second-order valence-corrected chi connectivity index (χ2v) is 41.1. The molecule has 19 N–H and O–H groups in total. The van der Waals surface area contributed by atoms with Crippen LogP contribution in [0.2, 0.25) is 0 Å². The third-order valence-corrected chi connectivity index (χ3v) is 24.7. The van der Waals surface area contributed by atoms with Gasteiger partial charge < -0.3 is 198 Å². The lowest BCUT2D eigenvalue weighted by Gasteiger charge is -2.42. The number of carbonyl (C=O) groups is 4. The monoisotopic (exact) mass is 1850 g/mol. The fourth-order valence-corrected chi connectivity index (χ4v) is 16.9. The van der Waals surface area contributed by atoms with Crippen molar-refractivity contribution in [3.8, 4) is 0 Å². The third kappa shape index (κ3) is 44.0. The van der Waals surface area contributed by atoms with Gasteiger partial charge in [0.1, 0.15) is 79.7 Å². The summed E-state index contributed by atoms with van der Waals surface area (Å²) in [6.07, 6.45) is -18.2. The predicted molar refractivity (Wildman–Crippen MR) is 401 cm³/mol. The number of ether oxygens (including phenoxy) is 10. The minimum atomic E-state index is -3.86. The topological polar surface area (TPSA) is 631 Å². The van der Waals surface area contributed by atoms with E-state index in [0.29, 0.717) is 0 Å². The van der Waals surface area contributed by atoms with Gasteiger partial charge in [0.15, 0.2) is 18.9 Å². The summed E-state index contributed by atoms with van der Waals surface area (Å²) in [4.78, 5) is 110. The average molecular weight is 1850 g/mol. The van der Waals surface area contributed by atoms with Crippen LogP contribution in [0.25, 0.3) is 0 Å². The van der Waals surface area contributed by atoms with Crippen molar-refractivity contribution in [3.63, 3.8) is 0 Å². The van der Waals surface area contributed by atoms with Gasteiger partial charge in [0, 0.05) is 40.6 Å². The Hall–Kier alpha value is 0.140. The standard InChI is InChI=1S/C54H105N3O42P6S6/c1-35(61)55-41-47(67)44(64)38(28-58)97-50(41)81-22-25-94-103(75,109)91-19-7-16-88-100(72,106)85-13-4-10-78-31-54(34-84-53(70)71,32-79-11-5-14-86-101(73,107)89-17-8-20-92-104(76,110)95-26-23-82-51-42(56-36(2)62)48(68)45(65)39(29-59)98-51)33-80-12-6-15-87-102(74,108)90-18-9-21-93-105(77,111)96-27-24-83-52-43(57-37(3)63)49(69)46(66)40(30-60)99-52/h38-52,58-60,64-69H,4-34H2,1-3H3,(H,55,61)(H,56,62)(H,57,63)(H,70,71)(H,72,106)(H,73,107)(H,74,108)(H,75,109)(H,76,110)(H,77,111)/t38-,39-,40-,41+,42+,43+,44+,45+,46+,47-,48-,49-,50-,51-,52-,54?,100?,101?,102?,103?,104?,105?/m1/s1. The van der Waals surface area contributed by atoms with Gasteiger partial charge in [-0.2, -0.15) is 0 Å². The van der Waals surface area contributed by atoms with Crippen molar-refractivity contribution in [1.82, 2.24) is 16.0 Å². The largest absolute Gasteiger partial charge is 0.505 e. The smallest absolute Gasteiger partial charge is 0.450 e. The van der Waals surface area contributed by atoms with Gasteiger partial charge >= 0.3 is 46.5 Å². The summed E-state index contributed by atoms with van der Waals surface area (Å²) in [5.74, 6) is -1.70. The van der Waals surface area contributed by atoms with Crippen molar-refractivity contribution in [2.75, 3.05) is 165 Å². The fraction of sp³-hybridized carbons (Fsp3) is 0.926. The second kappa shape index (κ2) is 54.5. The molecule has 3 aliphatic rings. The highest BCUT2D eigenvalue weighted by Crippen LogP contribution is 2.49. The van der Waals surface area contributed by atoms with E-state index in [1.54, 1.807) is 0 Å². The van der Waals surface area contributed by atoms with E-state index in [0.717, 1.165) is 0 Å². The van der Waals surface area contributed by atoms with Crippen molar-refractivity contribution in [2.24, 2.45) is 5.41 Å². The minimum absolute atomic E-state index is 0.0356. The highest BCUT2D eigenvalue weighted by atomic mass is 32.5. The Morgan fingerprint density at radius 1 is 0.333 bits per heavy atom. The molecule has 3 fully saturated rings. The van der Waals surface area contributed by atoms with Crippen LogP contribution in [-0.2, 0) is 187 Å². The van der Waals surface area contributed by atoms with Gasteiger partial charge in [-0.15, -0.1) is 0 Å². The van der Waals surface area contributed by atoms with Gasteiger partial charge in [-0.3, -0.25) is 14.4 Å². The van der Waals surface area contributed by atoms with Crippen LogP contribution in [0.5, 0.6) is 0 Å². The number of carboxylic acid groups (broad SMARTS) is 1. The number of aliphatic hydroxyl groups is 9. The van der Waals surface area contributed by atoms with E-state index >= 15 is 0 Å². The lowest BCUT2D eigenvalue weighted by Crippen LogP contribution is -2.64. The zero-order valence-corrected chi connectivity index (χ0v) is 70.7. The highest BCUT2D eigenvalue weighted by molar-refractivity contribution is 8.08. The molecule has 0 aromatic carbocycles. The predicted octanol–water partition coefficient (Wildman–Crippen LogP) is -3.56. The van der Waals surface area contributed by atoms with E-state index in [9.17, 15) is 99.6 Å². The second-order valence-electron chi connectivity index (χ2n) is 24.1. The number of amides is 3. The first-order valence-electron chi connectivity index (χ1n) is 34.0. The molecule has 3 aliphatic heterocycles. The first-order valence-corrected chi connectivity index (χ1v) is 49.5. The van der Waals surface area contributed by atoms with Crippen LogP contribution >= 0.6 is 40.3 Å². The van der Waals surface area contributed by atoms with Gasteiger partial charge in [-0.1, -0.05) is 0 Å². The van der Waals surface area contributed by atoms with Crippen molar-refractivity contribution >= 4 is 135 Å². The number of hydrogen-bond acceptors (Lipinski definition) is 41. The molecule has 0 bridgehead atoms. The molecule has 3 heterocycles. The number of rotatable bonds is 62. The first-order chi connectivity index (χ1) is 52.1. The SMILES string of the molecule is CC(=O)N[C@@H]1[C@H](OCCOP(O)(=S)OCCCOP(O)(=S)OCCCOCC(COCCCOP(O)(=S)OCCCOP(O)(=S)OCCO[C@@H]2O[C@H](CO)[C@H](O)[C@H](O)[C@@H]2NC(C)=O)(COCCCOP(O)(=S)OCCCOP(O)(=S)OCCO[C@@H]2O[C@H](CO)[C@H](O)[C@H](O)[C@@H]2NC(C)=O)COC(=O)O)O[C@H](CO)[C@H](O)[C@@H]1O. The molecule has 654 valence electrons. The van der Waals surface area contributed by atoms with E-state index < -0.39 is 188 Å². The molecule has 0 saturated carbocycles. The van der Waals surface area contributed by atoms with Gasteiger partial charge in [-0.25, -0.2) is 4.79 Å². The number of carbonyl (C=O) groups excluding carboxylic acids is 3. The fourth-order valence-electron chi connectivity index (χ4n) is 9.62. The molecule has 0 radical (unpaired) electrons. The number of nitrogens with one attached hydrogen (secondary N) is 3. The van der Waals surface area contributed by atoms with E-state index in [2.05, 4.69) is 16.0 Å². The lowest BCUT2D eigenvalue weighted by molar-refractivity contribution is -0.271. The maximum atomic E-state index is 11.8. The maximum Gasteiger partial charge on any atom is 0.505 e. The highest BCUT2D eigenvalue weighted by Gasteiger charge is 2.48. The Bertz CT molecular complexity index is 2730. The summed E-state index contributed by atoms with van der Waals surface area (Å²) in [7, 11) is 0. The van der Waals surface area contributed by atoms with Crippen molar-refractivity contribution in [1.29, 1.82) is 0 Å². The summed E-state index contributed by atoms with van der Waals surface area (Å²) >= 11 is 30.4. The van der Waals surface area contributed by atoms with Crippen LogP contribution < -0.4 is 16.0 Å². The number of aliphatic hydroxyl groups excluding tert-OH is 9. The Balaban J connectivity index is 1.48. The molecule has 3 rings (SSSR count). The van der Waals surface area contributed by atoms with Crippen molar-refractivity contribution in [2.45, 2.75) is 151 Å². The average Bonchev–Trinajstić information content (AvgIpc) is 0.817. The molecule has 57 heteroatoms.